The zero-order chi connectivity index (χ0) is 34.0. The van der Waals surface area contributed by atoms with Gasteiger partial charge in [-0.05, 0) is 49.4 Å². The fourth-order valence-electron chi connectivity index (χ4n) is 5.25. The first-order valence-electron chi connectivity index (χ1n) is 14.3. The van der Waals surface area contributed by atoms with Gasteiger partial charge in [0.2, 0.25) is 5.82 Å². The van der Waals surface area contributed by atoms with Crippen LogP contribution in [0.4, 0.5) is 33.3 Å². The number of aromatic nitrogens is 1. The molecule has 0 atom stereocenters. The molecule has 5 rings (SSSR count). The molecule has 0 spiro atoms. The number of piperazine rings is 1. The van der Waals surface area contributed by atoms with Crippen LogP contribution in [0.3, 0.4) is 0 Å². The molecule has 1 saturated heterocycles. The van der Waals surface area contributed by atoms with Crippen LogP contribution in [0.15, 0.2) is 48.7 Å². The lowest BCUT2D eigenvalue weighted by Gasteiger charge is -2.35. The van der Waals surface area contributed by atoms with Crippen molar-refractivity contribution >= 4 is 45.8 Å². The molecule has 1 aromatic heterocycles. The monoisotopic (exact) mass is 658 g/mol. The average Bonchev–Trinajstić information content (AvgIpc) is 3.43. The third-order valence-electron chi connectivity index (χ3n) is 7.62. The molecule has 0 saturated carbocycles. The number of hydrogen-bond donors (Lipinski definition) is 1. The van der Waals surface area contributed by atoms with E-state index in [0.29, 0.717) is 18.8 Å². The number of nitrogens with zero attached hydrogens (tertiary/aromatic N) is 3. The number of rotatable bonds is 9. The Kier molecular flexibility index (Phi) is 9.44. The number of fused-ring (bicyclic) bond motifs is 1. The van der Waals surface area contributed by atoms with Crippen LogP contribution in [0.5, 0.6) is 5.75 Å². The van der Waals surface area contributed by atoms with E-state index in [1.54, 1.807) is 14.0 Å². The summed E-state index contributed by atoms with van der Waals surface area (Å²) in [4.78, 5) is 55.4. The van der Waals surface area contributed by atoms with Crippen molar-refractivity contribution in [2.75, 3.05) is 50.1 Å². The minimum atomic E-state index is -2.42. The number of esters is 1. The molecule has 0 unspecified atom stereocenters. The first-order valence-corrected chi connectivity index (χ1v) is 14.3. The molecule has 0 bridgehead atoms. The fraction of sp³-hybridized carbons (Fsp3) is 0.250. The van der Waals surface area contributed by atoms with Crippen LogP contribution in [0.25, 0.3) is 10.9 Å². The van der Waals surface area contributed by atoms with E-state index in [9.17, 15) is 41.1 Å². The standard InChI is InChI=1S/C32H27F5N4O6/c1-3-47-23(42)16-41-15-21(30(43)32(45)40-12-10-39(11-13-40)18-5-7-19(46-2)8-6-18)20-14-17(4-9-22(20)41)38-31(44)24-25(33)27(35)29(37)28(36)26(24)34/h4-9,14-15H,3,10-13,16H2,1-2H3,(H,38,44). The Balaban J connectivity index is 1.42. The van der Waals surface area contributed by atoms with Crippen molar-refractivity contribution in [1.29, 1.82) is 0 Å². The molecule has 4 aromatic rings. The second-order valence-electron chi connectivity index (χ2n) is 10.4. The predicted octanol–water partition coefficient (Wildman–Crippen LogP) is 4.69. The van der Waals surface area contributed by atoms with Gasteiger partial charge in [-0.2, -0.15) is 0 Å². The van der Waals surface area contributed by atoms with E-state index in [1.165, 1.54) is 33.9 Å². The maximum Gasteiger partial charge on any atom is 0.325 e. The van der Waals surface area contributed by atoms with Crippen LogP contribution in [0, 0.1) is 29.1 Å². The van der Waals surface area contributed by atoms with Crippen LogP contribution in [-0.2, 0) is 20.9 Å². The summed E-state index contributed by atoms with van der Waals surface area (Å²) >= 11 is 0. The molecule has 2 heterocycles. The molecule has 1 N–H and O–H groups in total. The minimum Gasteiger partial charge on any atom is -0.497 e. The smallest absolute Gasteiger partial charge is 0.325 e. The van der Waals surface area contributed by atoms with Crippen LogP contribution in [0.2, 0.25) is 0 Å². The molecule has 2 amide bonds. The Bertz CT molecular complexity index is 1860. The third-order valence-corrected chi connectivity index (χ3v) is 7.62. The Morgan fingerprint density at radius 1 is 0.830 bits per heavy atom. The Labute approximate surface area is 264 Å². The highest BCUT2D eigenvalue weighted by Crippen LogP contribution is 2.29. The van der Waals surface area contributed by atoms with E-state index in [4.69, 9.17) is 9.47 Å². The van der Waals surface area contributed by atoms with Crippen molar-refractivity contribution in [1.82, 2.24) is 9.47 Å². The summed E-state index contributed by atoms with van der Waals surface area (Å²) in [6.45, 7) is 2.66. The van der Waals surface area contributed by atoms with Crippen molar-refractivity contribution in [2.45, 2.75) is 13.5 Å². The highest BCUT2D eigenvalue weighted by Gasteiger charge is 2.32. The molecule has 0 aliphatic carbocycles. The van der Waals surface area contributed by atoms with Gasteiger partial charge in [0.25, 0.3) is 17.6 Å². The SMILES string of the molecule is CCOC(=O)Cn1cc(C(=O)C(=O)N2CCN(c3ccc(OC)cc3)CC2)c2cc(NC(=O)c3c(F)c(F)c(F)c(F)c3F)ccc21. The second kappa shape index (κ2) is 13.5. The number of hydrogen-bond acceptors (Lipinski definition) is 7. The molecule has 0 radical (unpaired) electrons. The third kappa shape index (κ3) is 6.46. The number of benzene rings is 3. The first kappa shape index (κ1) is 32.9. The van der Waals surface area contributed by atoms with Gasteiger partial charge in [0.1, 0.15) is 17.9 Å². The van der Waals surface area contributed by atoms with Crippen molar-refractivity contribution in [3.63, 3.8) is 0 Å². The first-order chi connectivity index (χ1) is 22.4. The summed E-state index contributed by atoms with van der Waals surface area (Å²) in [5.74, 6) is -15.0. The lowest BCUT2D eigenvalue weighted by Crippen LogP contribution is -2.50. The predicted molar refractivity (Wildman–Crippen MR) is 159 cm³/mol. The second-order valence-corrected chi connectivity index (χ2v) is 10.4. The number of anilines is 2. The zero-order valence-corrected chi connectivity index (χ0v) is 25.0. The summed E-state index contributed by atoms with van der Waals surface area (Å²) in [6.07, 6.45) is 1.27. The maximum atomic E-state index is 14.3. The van der Waals surface area contributed by atoms with Gasteiger partial charge >= 0.3 is 5.97 Å². The fourth-order valence-corrected chi connectivity index (χ4v) is 5.25. The largest absolute Gasteiger partial charge is 0.497 e. The number of Topliss-reactive ketones (excluding diaryl/α,β-unsaturated/α-hetero) is 1. The number of amides is 2. The normalized spacial score (nSPS) is 13.1. The quantitative estimate of drug-likeness (QED) is 0.0694. The highest BCUT2D eigenvalue weighted by atomic mass is 19.2. The molecule has 1 fully saturated rings. The van der Waals surface area contributed by atoms with E-state index >= 15 is 0 Å². The molecule has 246 valence electrons. The molecular formula is C32H27F5N4O6. The van der Waals surface area contributed by atoms with Crippen molar-refractivity contribution in [3.8, 4) is 5.75 Å². The number of halogens is 5. The van der Waals surface area contributed by atoms with Gasteiger partial charge in [-0.1, -0.05) is 0 Å². The number of ketones is 1. The van der Waals surface area contributed by atoms with Crippen molar-refractivity contribution in [2.24, 2.45) is 0 Å². The number of ether oxygens (including phenoxy) is 2. The van der Waals surface area contributed by atoms with Crippen LogP contribution >= 0.6 is 0 Å². The summed E-state index contributed by atoms with van der Waals surface area (Å²) in [5, 5.41) is 2.14. The lowest BCUT2D eigenvalue weighted by molar-refractivity contribution is -0.143. The van der Waals surface area contributed by atoms with Crippen molar-refractivity contribution in [3.05, 3.63) is 88.9 Å². The van der Waals surface area contributed by atoms with E-state index in [2.05, 4.69) is 5.32 Å². The highest BCUT2D eigenvalue weighted by molar-refractivity contribution is 6.45. The Morgan fingerprint density at radius 3 is 2.04 bits per heavy atom. The van der Waals surface area contributed by atoms with Crippen molar-refractivity contribution < 1.29 is 50.6 Å². The lowest BCUT2D eigenvalue weighted by atomic mass is 10.1. The van der Waals surface area contributed by atoms with Gasteiger partial charge < -0.3 is 29.2 Å². The number of carbonyl (C=O) groups is 4. The molecule has 1 aliphatic heterocycles. The Hall–Kier alpha value is -5.47. The van der Waals surface area contributed by atoms with Crippen LogP contribution in [0.1, 0.15) is 27.6 Å². The van der Waals surface area contributed by atoms with Gasteiger partial charge in [0.05, 0.1) is 19.3 Å². The molecule has 15 heteroatoms. The molecule has 3 aromatic carbocycles. The summed E-state index contributed by atoms with van der Waals surface area (Å²) in [5.41, 5.74) is -0.893. The van der Waals surface area contributed by atoms with Gasteiger partial charge in [-0.3, -0.25) is 19.2 Å². The zero-order valence-electron chi connectivity index (χ0n) is 25.0. The molecule has 1 aliphatic rings. The molecule has 10 nitrogen and oxygen atoms in total. The minimum absolute atomic E-state index is 0.0692. The van der Waals surface area contributed by atoms with Gasteiger partial charge in [-0.25, -0.2) is 22.0 Å². The van der Waals surface area contributed by atoms with E-state index in [1.807, 2.05) is 29.2 Å². The van der Waals surface area contributed by atoms with E-state index in [-0.39, 0.29) is 48.4 Å². The molecular weight excluding hydrogens is 631 g/mol. The van der Waals surface area contributed by atoms with Gasteiger partial charge in [-0.15, -0.1) is 0 Å². The van der Waals surface area contributed by atoms with Crippen LogP contribution in [-0.4, -0.2) is 72.9 Å². The summed E-state index contributed by atoms with van der Waals surface area (Å²) in [6, 6.07) is 11.1. The number of carbonyl (C=O) groups excluding carboxylic acids is 4. The van der Waals surface area contributed by atoms with E-state index in [0.717, 1.165) is 5.69 Å². The maximum absolute atomic E-state index is 14.3. The van der Waals surface area contributed by atoms with Gasteiger partial charge in [0, 0.05) is 54.7 Å². The average molecular weight is 659 g/mol. The number of methoxy groups -OCH3 is 1. The number of nitrogens with one attached hydrogen (secondary N) is 1. The summed E-state index contributed by atoms with van der Waals surface area (Å²) < 4.78 is 81.0. The Morgan fingerprint density at radius 2 is 1.45 bits per heavy atom. The molecule has 47 heavy (non-hydrogen) atoms. The van der Waals surface area contributed by atoms with E-state index < -0.39 is 58.2 Å². The summed E-state index contributed by atoms with van der Waals surface area (Å²) in [7, 11) is 1.56. The van der Waals surface area contributed by atoms with Gasteiger partial charge in [0.15, 0.2) is 23.3 Å². The van der Waals surface area contributed by atoms with Crippen LogP contribution < -0.4 is 15.0 Å². The topological polar surface area (TPSA) is 110 Å².